The molecule has 1 aliphatic heterocycles. The Morgan fingerprint density at radius 2 is 1.83 bits per heavy atom. The Hall–Kier alpha value is -1.71. The summed E-state index contributed by atoms with van der Waals surface area (Å²) in [5.74, 6) is 0.278. The van der Waals surface area contributed by atoms with E-state index in [4.69, 9.17) is 4.74 Å². The monoisotopic (exact) mass is 249 g/mol. The summed E-state index contributed by atoms with van der Waals surface area (Å²) in [6.07, 6.45) is -0.309. The molecule has 4 heteroatoms. The highest BCUT2D eigenvalue weighted by Crippen LogP contribution is 2.29. The molecule has 0 radical (unpaired) electrons. The highest BCUT2D eigenvalue weighted by atomic mass is 16.6. The average molecular weight is 249 g/mol. The smallest absolute Gasteiger partial charge is 0.410 e. The third-order valence-corrected chi connectivity index (χ3v) is 2.89. The maximum atomic E-state index is 11.9. The van der Waals surface area contributed by atoms with Crippen LogP contribution in [0.2, 0.25) is 0 Å². The Balaban J connectivity index is 2.13. The van der Waals surface area contributed by atoms with Gasteiger partial charge in [-0.15, -0.1) is 0 Å². The van der Waals surface area contributed by atoms with Crippen LogP contribution in [0.3, 0.4) is 0 Å². The molecule has 18 heavy (non-hydrogen) atoms. The first-order valence-corrected chi connectivity index (χ1v) is 6.05. The van der Waals surface area contributed by atoms with Crippen molar-refractivity contribution in [1.82, 2.24) is 4.90 Å². The second-order valence-corrected chi connectivity index (χ2v) is 5.74. The highest BCUT2D eigenvalue weighted by Gasteiger charge is 2.28. The number of phenols is 1. The highest BCUT2D eigenvalue weighted by molar-refractivity contribution is 5.69. The standard InChI is InChI=1S/C14H19NO3/c1-9-5-10-7-15(8-11(10)6-12(9)16)13(17)18-14(2,3)4/h5-6,16H,7-8H2,1-4H3. The van der Waals surface area contributed by atoms with Crippen molar-refractivity contribution in [2.75, 3.05) is 0 Å². The van der Waals surface area contributed by atoms with E-state index in [0.717, 1.165) is 16.7 Å². The van der Waals surface area contributed by atoms with Gasteiger partial charge in [0.05, 0.1) is 0 Å². The van der Waals surface area contributed by atoms with E-state index in [9.17, 15) is 9.90 Å². The first kappa shape index (κ1) is 12.7. The molecule has 2 rings (SSSR count). The number of fused-ring (bicyclic) bond motifs is 1. The zero-order valence-electron chi connectivity index (χ0n) is 11.3. The Labute approximate surface area is 107 Å². The summed E-state index contributed by atoms with van der Waals surface area (Å²) >= 11 is 0. The van der Waals surface area contributed by atoms with Crippen molar-refractivity contribution < 1.29 is 14.6 Å². The van der Waals surface area contributed by atoms with Crippen molar-refractivity contribution in [3.05, 3.63) is 28.8 Å². The molecule has 1 aromatic rings. The summed E-state index contributed by atoms with van der Waals surface area (Å²) in [4.78, 5) is 13.6. The fourth-order valence-corrected chi connectivity index (χ4v) is 2.02. The van der Waals surface area contributed by atoms with Gasteiger partial charge in [0.25, 0.3) is 0 Å². The summed E-state index contributed by atoms with van der Waals surface area (Å²) < 4.78 is 5.34. The number of hydrogen-bond donors (Lipinski definition) is 1. The van der Waals surface area contributed by atoms with E-state index in [0.29, 0.717) is 13.1 Å². The summed E-state index contributed by atoms with van der Waals surface area (Å²) in [6.45, 7) is 8.45. The zero-order chi connectivity index (χ0) is 13.5. The third-order valence-electron chi connectivity index (χ3n) is 2.89. The topological polar surface area (TPSA) is 49.8 Å². The summed E-state index contributed by atoms with van der Waals surface area (Å²) in [5.41, 5.74) is 2.42. The predicted octanol–water partition coefficient (Wildman–Crippen LogP) is 2.95. The first-order valence-electron chi connectivity index (χ1n) is 6.05. The molecule has 98 valence electrons. The number of amides is 1. The molecule has 0 saturated carbocycles. The molecule has 0 unspecified atom stereocenters. The van der Waals surface area contributed by atoms with E-state index >= 15 is 0 Å². The molecule has 4 nitrogen and oxygen atoms in total. The van der Waals surface area contributed by atoms with E-state index in [1.807, 2.05) is 33.8 Å². The van der Waals surface area contributed by atoms with Crippen molar-refractivity contribution in [3.8, 4) is 5.75 Å². The van der Waals surface area contributed by atoms with Crippen molar-refractivity contribution >= 4 is 6.09 Å². The number of ether oxygens (including phenoxy) is 1. The minimum atomic E-state index is -0.482. The van der Waals surface area contributed by atoms with Gasteiger partial charge in [0.15, 0.2) is 0 Å². The summed E-state index contributed by atoms with van der Waals surface area (Å²) in [5, 5.41) is 9.66. The van der Waals surface area contributed by atoms with Crippen LogP contribution < -0.4 is 0 Å². The number of nitrogens with zero attached hydrogens (tertiary/aromatic N) is 1. The van der Waals surface area contributed by atoms with Crippen molar-refractivity contribution in [2.24, 2.45) is 0 Å². The number of hydrogen-bond acceptors (Lipinski definition) is 3. The number of aryl methyl sites for hydroxylation is 1. The predicted molar refractivity (Wildman–Crippen MR) is 68.3 cm³/mol. The van der Waals surface area contributed by atoms with Crippen molar-refractivity contribution in [1.29, 1.82) is 0 Å². The Kier molecular flexibility index (Phi) is 2.97. The molecular formula is C14H19NO3. The fourth-order valence-electron chi connectivity index (χ4n) is 2.02. The Morgan fingerprint density at radius 1 is 1.28 bits per heavy atom. The van der Waals surface area contributed by atoms with Crippen molar-refractivity contribution in [2.45, 2.75) is 46.4 Å². The number of rotatable bonds is 0. The minimum absolute atomic E-state index is 0.278. The molecule has 0 atom stereocenters. The van der Waals surface area contributed by atoms with Crippen LogP contribution in [-0.4, -0.2) is 21.7 Å². The van der Waals surface area contributed by atoms with Crippen LogP contribution in [0.25, 0.3) is 0 Å². The number of aromatic hydroxyl groups is 1. The number of carbonyl (C=O) groups is 1. The van der Waals surface area contributed by atoms with E-state index in [2.05, 4.69) is 0 Å². The lowest BCUT2D eigenvalue weighted by atomic mass is 10.1. The number of phenolic OH excluding ortho intramolecular Hbond substituents is 1. The normalized spacial score (nSPS) is 14.6. The lowest BCUT2D eigenvalue weighted by molar-refractivity contribution is 0.0242. The zero-order valence-corrected chi connectivity index (χ0v) is 11.3. The van der Waals surface area contributed by atoms with E-state index in [-0.39, 0.29) is 11.8 Å². The molecule has 0 bridgehead atoms. The van der Waals surface area contributed by atoms with Crippen LogP contribution in [0.5, 0.6) is 5.75 Å². The minimum Gasteiger partial charge on any atom is -0.508 e. The third kappa shape index (κ3) is 2.58. The maximum absolute atomic E-state index is 11.9. The molecule has 0 saturated heterocycles. The summed E-state index contributed by atoms with van der Waals surface area (Å²) in [6, 6.07) is 3.66. The lowest BCUT2D eigenvalue weighted by Crippen LogP contribution is -2.33. The SMILES string of the molecule is Cc1cc2c(cc1O)CN(C(=O)OC(C)(C)C)C2. The molecule has 1 aliphatic rings. The lowest BCUT2D eigenvalue weighted by Gasteiger charge is -2.24. The molecule has 0 fully saturated rings. The van der Waals surface area contributed by atoms with Gasteiger partial charge in [0.1, 0.15) is 11.4 Å². The van der Waals surface area contributed by atoms with Crippen molar-refractivity contribution in [3.63, 3.8) is 0 Å². The van der Waals surface area contributed by atoms with Gasteiger partial charge in [-0.2, -0.15) is 0 Å². The van der Waals surface area contributed by atoms with Crippen LogP contribution in [0, 0.1) is 6.92 Å². The quantitative estimate of drug-likeness (QED) is 0.769. The van der Waals surface area contributed by atoms with E-state index in [1.165, 1.54) is 0 Å². The molecular weight excluding hydrogens is 230 g/mol. The van der Waals surface area contributed by atoms with E-state index < -0.39 is 5.60 Å². The summed E-state index contributed by atoms with van der Waals surface area (Å²) in [7, 11) is 0. The molecule has 1 amide bonds. The van der Waals surface area contributed by atoms with Gasteiger partial charge in [-0.25, -0.2) is 4.79 Å². The molecule has 1 aromatic carbocycles. The molecule has 1 heterocycles. The largest absolute Gasteiger partial charge is 0.508 e. The molecule has 1 N–H and O–H groups in total. The second kappa shape index (κ2) is 4.19. The van der Waals surface area contributed by atoms with E-state index in [1.54, 1.807) is 11.0 Å². The Morgan fingerprint density at radius 3 is 2.39 bits per heavy atom. The molecule has 0 aliphatic carbocycles. The van der Waals surface area contributed by atoms with Gasteiger partial charge in [-0.05, 0) is 50.5 Å². The van der Waals surface area contributed by atoms with Gasteiger partial charge in [0, 0.05) is 13.1 Å². The van der Waals surface area contributed by atoms with Gasteiger partial charge < -0.3 is 9.84 Å². The van der Waals surface area contributed by atoms with Crippen LogP contribution >= 0.6 is 0 Å². The van der Waals surface area contributed by atoms with Crippen LogP contribution in [0.1, 0.15) is 37.5 Å². The van der Waals surface area contributed by atoms with Crippen LogP contribution in [0.15, 0.2) is 12.1 Å². The maximum Gasteiger partial charge on any atom is 0.410 e. The van der Waals surface area contributed by atoms with Crippen LogP contribution in [-0.2, 0) is 17.8 Å². The second-order valence-electron chi connectivity index (χ2n) is 5.74. The number of benzene rings is 1. The number of carbonyl (C=O) groups excluding carboxylic acids is 1. The van der Waals surface area contributed by atoms with Gasteiger partial charge in [-0.3, -0.25) is 4.90 Å². The van der Waals surface area contributed by atoms with Crippen LogP contribution in [0.4, 0.5) is 4.79 Å². The van der Waals surface area contributed by atoms with Gasteiger partial charge in [-0.1, -0.05) is 6.07 Å². The van der Waals surface area contributed by atoms with Gasteiger partial charge >= 0.3 is 6.09 Å². The molecule has 0 aromatic heterocycles. The first-order chi connectivity index (χ1) is 8.26. The fraction of sp³-hybridized carbons (Fsp3) is 0.500. The Bertz CT molecular complexity index is 458. The molecule has 0 spiro atoms. The average Bonchev–Trinajstić information content (AvgIpc) is 2.59. The van der Waals surface area contributed by atoms with Gasteiger partial charge in [0.2, 0.25) is 0 Å².